The van der Waals surface area contributed by atoms with Crippen molar-refractivity contribution in [3.8, 4) is 17.4 Å². The first-order valence-corrected chi connectivity index (χ1v) is 10.8. The molecule has 32 heavy (non-hydrogen) atoms. The number of hydrogen-bond donors (Lipinski definition) is 2. The van der Waals surface area contributed by atoms with Gasteiger partial charge < -0.3 is 19.8 Å². The van der Waals surface area contributed by atoms with Gasteiger partial charge in [-0.1, -0.05) is 25.1 Å². The number of amides is 1. The van der Waals surface area contributed by atoms with Crippen LogP contribution in [-0.4, -0.2) is 27.5 Å². The number of benzene rings is 2. The van der Waals surface area contributed by atoms with Gasteiger partial charge in [0.1, 0.15) is 17.3 Å². The number of H-pyrrole nitrogens is 1. The first-order valence-electron chi connectivity index (χ1n) is 10.8. The van der Waals surface area contributed by atoms with Crippen LogP contribution in [0.25, 0.3) is 11.0 Å². The topological polar surface area (TPSA) is 89.1 Å². The number of pyridine rings is 1. The number of aromatic nitrogens is 3. The summed E-state index contributed by atoms with van der Waals surface area (Å²) >= 11 is 0. The lowest BCUT2D eigenvalue weighted by Gasteiger charge is -2.11. The molecule has 2 aromatic carbocycles. The van der Waals surface area contributed by atoms with Gasteiger partial charge >= 0.3 is 0 Å². The Balaban J connectivity index is 1.31. The summed E-state index contributed by atoms with van der Waals surface area (Å²) in [5, 5.41) is 2.94. The highest BCUT2D eigenvalue weighted by Gasteiger charge is 2.10. The number of para-hydroxylation sites is 2. The fourth-order valence-corrected chi connectivity index (χ4v) is 3.22. The molecule has 0 unspecified atom stereocenters. The lowest BCUT2D eigenvalue weighted by atomic mass is 10.2. The SMILES string of the molecule is CCCOc1ccc(Oc2ncccc2CNC(=O)CCc2nc3ccccc3[nH]2)cc1. The molecule has 0 bridgehead atoms. The zero-order chi connectivity index (χ0) is 22.2. The van der Waals surface area contributed by atoms with E-state index in [-0.39, 0.29) is 5.91 Å². The molecule has 0 fully saturated rings. The van der Waals surface area contributed by atoms with Crippen LogP contribution in [0.15, 0.2) is 66.9 Å². The van der Waals surface area contributed by atoms with E-state index < -0.39 is 0 Å². The number of ether oxygens (including phenoxy) is 2. The average molecular weight is 431 g/mol. The predicted molar refractivity (Wildman–Crippen MR) is 123 cm³/mol. The molecule has 7 heteroatoms. The van der Waals surface area contributed by atoms with E-state index in [1.165, 1.54) is 0 Å². The van der Waals surface area contributed by atoms with E-state index in [1.807, 2.05) is 60.7 Å². The van der Waals surface area contributed by atoms with Crippen LogP contribution in [0.2, 0.25) is 0 Å². The fourth-order valence-electron chi connectivity index (χ4n) is 3.22. The van der Waals surface area contributed by atoms with Crippen LogP contribution >= 0.6 is 0 Å². The normalized spacial score (nSPS) is 10.8. The van der Waals surface area contributed by atoms with Gasteiger partial charge in [-0.2, -0.15) is 0 Å². The highest BCUT2D eigenvalue weighted by Crippen LogP contribution is 2.25. The molecule has 4 rings (SSSR count). The highest BCUT2D eigenvalue weighted by atomic mass is 16.5. The van der Waals surface area contributed by atoms with Crippen LogP contribution in [0.5, 0.6) is 17.4 Å². The van der Waals surface area contributed by atoms with Gasteiger partial charge in [0, 0.05) is 31.1 Å². The van der Waals surface area contributed by atoms with E-state index in [4.69, 9.17) is 9.47 Å². The van der Waals surface area contributed by atoms with Crippen molar-refractivity contribution >= 4 is 16.9 Å². The van der Waals surface area contributed by atoms with Gasteiger partial charge in [-0.15, -0.1) is 0 Å². The van der Waals surface area contributed by atoms with Gasteiger partial charge in [0.15, 0.2) is 0 Å². The number of carbonyl (C=O) groups is 1. The van der Waals surface area contributed by atoms with Crippen molar-refractivity contribution in [2.24, 2.45) is 0 Å². The quantitative estimate of drug-likeness (QED) is 0.378. The molecular weight excluding hydrogens is 404 g/mol. The van der Waals surface area contributed by atoms with Crippen LogP contribution in [0.4, 0.5) is 0 Å². The molecule has 7 nitrogen and oxygen atoms in total. The van der Waals surface area contributed by atoms with Gasteiger partial charge in [-0.05, 0) is 48.9 Å². The van der Waals surface area contributed by atoms with Crippen LogP contribution in [0.1, 0.15) is 31.2 Å². The van der Waals surface area contributed by atoms with Gasteiger partial charge in [0.2, 0.25) is 11.8 Å². The van der Waals surface area contributed by atoms with E-state index >= 15 is 0 Å². The minimum absolute atomic E-state index is 0.0577. The maximum absolute atomic E-state index is 12.4. The minimum atomic E-state index is -0.0577. The number of aryl methyl sites for hydroxylation is 1. The van der Waals surface area contributed by atoms with Crippen LogP contribution in [-0.2, 0) is 17.8 Å². The number of nitrogens with one attached hydrogen (secondary N) is 2. The van der Waals surface area contributed by atoms with Crippen molar-refractivity contribution in [1.82, 2.24) is 20.3 Å². The van der Waals surface area contributed by atoms with Gasteiger partial charge in [0.25, 0.3) is 0 Å². The summed E-state index contributed by atoms with van der Waals surface area (Å²) in [6, 6.07) is 19.0. The Bertz CT molecular complexity index is 1140. The molecule has 2 aromatic heterocycles. The lowest BCUT2D eigenvalue weighted by Crippen LogP contribution is -2.23. The third kappa shape index (κ3) is 5.63. The van der Waals surface area contributed by atoms with Gasteiger partial charge in [-0.25, -0.2) is 9.97 Å². The van der Waals surface area contributed by atoms with Crippen molar-refractivity contribution in [1.29, 1.82) is 0 Å². The summed E-state index contributed by atoms with van der Waals surface area (Å²) in [4.78, 5) is 24.5. The molecule has 0 aliphatic heterocycles. The van der Waals surface area contributed by atoms with E-state index in [2.05, 4.69) is 27.2 Å². The summed E-state index contributed by atoms with van der Waals surface area (Å²) in [5.41, 5.74) is 2.69. The third-order valence-corrected chi connectivity index (χ3v) is 4.86. The first kappa shape index (κ1) is 21.4. The molecule has 0 saturated carbocycles. The smallest absolute Gasteiger partial charge is 0.224 e. The Morgan fingerprint density at radius 2 is 1.84 bits per heavy atom. The fraction of sp³-hybridized carbons (Fsp3) is 0.240. The van der Waals surface area contributed by atoms with Gasteiger partial charge in [0.05, 0.1) is 17.6 Å². The molecule has 0 atom stereocenters. The molecule has 0 saturated heterocycles. The molecule has 0 spiro atoms. The second-order valence-electron chi connectivity index (χ2n) is 7.37. The molecule has 164 valence electrons. The molecule has 0 radical (unpaired) electrons. The summed E-state index contributed by atoms with van der Waals surface area (Å²) in [6.45, 7) is 3.08. The Labute approximate surface area is 186 Å². The Morgan fingerprint density at radius 3 is 2.66 bits per heavy atom. The van der Waals surface area contributed by atoms with Gasteiger partial charge in [-0.3, -0.25) is 4.79 Å². The Kier molecular flexibility index (Phi) is 6.97. The number of aromatic amines is 1. The van der Waals surface area contributed by atoms with Crippen molar-refractivity contribution in [2.75, 3.05) is 6.61 Å². The van der Waals surface area contributed by atoms with Crippen molar-refractivity contribution in [3.63, 3.8) is 0 Å². The summed E-state index contributed by atoms with van der Waals surface area (Å²) in [7, 11) is 0. The second-order valence-corrected chi connectivity index (χ2v) is 7.37. The van der Waals surface area contributed by atoms with Crippen LogP contribution < -0.4 is 14.8 Å². The summed E-state index contributed by atoms with van der Waals surface area (Å²) < 4.78 is 11.5. The summed E-state index contributed by atoms with van der Waals surface area (Å²) in [5.74, 6) is 2.67. The molecule has 0 aliphatic rings. The Hall–Kier alpha value is -3.87. The first-order chi connectivity index (χ1) is 15.7. The highest BCUT2D eigenvalue weighted by molar-refractivity contribution is 5.77. The number of carbonyl (C=O) groups excluding carboxylic acids is 1. The lowest BCUT2D eigenvalue weighted by molar-refractivity contribution is -0.121. The number of hydrogen-bond acceptors (Lipinski definition) is 5. The van der Waals surface area contributed by atoms with E-state index in [9.17, 15) is 4.79 Å². The zero-order valence-electron chi connectivity index (χ0n) is 18.0. The van der Waals surface area contributed by atoms with Crippen LogP contribution in [0, 0.1) is 0 Å². The molecule has 2 heterocycles. The zero-order valence-corrected chi connectivity index (χ0v) is 18.0. The third-order valence-electron chi connectivity index (χ3n) is 4.86. The number of imidazole rings is 1. The Morgan fingerprint density at radius 1 is 1.03 bits per heavy atom. The standard InChI is InChI=1S/C25H26N4O3/c1-2-16-31-19-9-11-20(12-10-19)32-25-18(6-5-15-26-25)17-27-24(30)14-13-23-28-21-7-3-4-8-22(21)29-23/h3-12,15H,2,13-14,16-17H2,1H3,(H,27,30)(H,28,29). The van der Waals surface area contributed by atoms with E-state index in [1.54, 1.807) is 6.20 Å². The van der Waals surface area contributed by atoms with Crippen molar-refractivity contribution in [3.05, 3.63) is 78.2 Å². The van der Waals surface area contributed by atoms with Crippen molar-refractivity contribution in [2.45, 2.75) is 32.7 Å². The molecule has 1 amide bonds. The van der Waals surface area contributed by atoms with E-state index in [0.29, 0.717) is 37.6 Å². The molecule has 2 N–H and O–H groups in total. The molecule has 0 aliphatic carbocycles. The average Bonchev–Trinajstić information content (AvgIpc) is 3.25. The van der Waals surface area contributed by atoms with Crippen LogP contribution in [0.3, 0.4) is 0 Å². The van der Waals surface area contributed by atoms with Crippen molar-refractivity contribution < 1.29 is 14.3 Å². The summed E-state index contributed by atoms with van der Waals surface area (Å²) in [6.07, 6.45) is 3.51. The maximum Gasteiger partial charge on any atom is 0.224 e. The largest absolute Gasteiger partial charge is 0.494 e. The predicted octanol–water partition coefficient (Wildman–Crippen LogP) is 4.79. The minimum Gasteiger partial charge on any atom is -0.494 e. The molecule has 4 aromatic rings. The number of rotatable bonds is 10. The second kappa shape index (κ2) is 10.4. The maximum atomic E-state index is 12.4. The van der Waals surface area contributed by atoms with E-state index in [0.717, 1.165) is 34.6 Å². The number of nitrogens with zero attached hydrogens (tertiary/aromatic N) is 2. The number of fused-ring (bicyclic) bond motifs is 1. The monoisotopic (exact) mass is 430 g/mol. The molecular formula is C25H26N4O3.